The molecule has 0 rings (SSSR count). The second kappa shape index (κ2) is 7.80. The predicted octanol–water partition coefficient (Wildman–Crippen LogP) is 1.82. The molecular formula is C13H28N2O. The van der Waals surface area contributed by atoms with Crippen LogP contribution in [-0.4, -0.2) is 31.5 Å². The predicted molar refractivity (Wildman–Crippen MR) is 69.6 cm³/mol. The average molecular weight is 228 g/mol. The van der Waals surface area contributed by atoms with E-state index < -0.39 is 0 Å². The molecule has 2 atom stereocenters. The molecule has 0 amide bonds. The first-order valence-electron chi connectivity index (χ1n) is 6.34. The first-order valence-corrected chi connectivity index (χ1v) is 6.34. The van der Waals surface area contributed by atoms with Gasteiger partial charge in [-0.1, -0.05) is 34.6 Å². The van der Waals surface area contributed by atoms with Crippen LogP contribution in [0.15, 0.2) is 0 Å². The van der Waals surface area contributed by atoms with E-state index in [1.807, 2.05) is 20.9 Å². The zero-order valence-electron chi connectivity index (χ0n) is 11.6. The van der Waals surface area contributed by atoms with E-state index in [4.69, 9.17) is 0 Å². The van der Waals surface area contributed by atoms with Crippen molar-refractivity contribution in [1.82, 2.24) is 10.6 Å². The summed E-state index contributed by atoms with van der Waals surface area (Å²) in [5.74, 6) is 0.815. The molecule has 0 aliphatic rings. The van der Waals surface area contributed by atoms with Crippen molar-refractivity contribution in [2.24, 2.45) is 11.8 Å². The van der Waals surface area contributed by atoms with Crippen molar-refractivity contribution in [2.45, 2.75) is 53.1 Å². The minimum absolute atomic E-state index is 0.00616. The third-order valence-corrected chi connectivity index (χ3v) is 2.81. The van der Waals surface area contributed by atoms with Crippen LogP contribution in [0.1, 0.15) is 41.0 Å². The van der Waals surface area contributed by atoms with Gasteiger partial charge >= 0.3 is 0 Å². The van der Waals surface area contributed by atoms with E-state index in [1.54, 1.807) is 0 Å². The Labute approximate surface area is 100 Å². The summed E-state index contributed by atoms with van der Waals surface area (Å²) in [6, 6.07) is 0.345. The number of hydrogen-bond acceptors (Lipinski definition) is 3. The molecule has 3 nitrogen and oxygen atoms in total. The Bertz CT molecular complexity index is 202. The molecule has 0 aromatic rings. The molecule has 0 aromatic heterocycles. The van der Waals surface area contributed by atoms with Gasteiger partial charge < -0.3 is 10.6 Å². The van der Waals surface area contributed by atoms with E-state index in [1.165, 1.54) is 0 Å². The molecule has 0 spiro atoms. The summed E-state index contributed by atoms with van der Waals surface area (Å²) in [4.78, 5) is 12.1. The van der Waals surface area contributed by atoms with Gasteiger partial charge in [0.05, 0.1) is 6.04 Å². The van der Waals surface area contributed by atoms with Crippen LogP contribution in [0.4, 0.5) is 0 Å². The fraction of sp³-hybridized carbons (Fsp3) is 0.923. The summed E-state index contributed by atoms with van der Waals surface area (Å²) in [6.45, 7) is 11.2. The van der Waals surface area contributed by atoms with Crippen LogP contribution in [0.3, 0.4) is 0 Å². The molecule has 2 N–H and O–H groups in total. The molecule has 0 radical (unpaired) electrons. The summed E-state index contributed by atoms with van der Waals surface area (Å²) in [5.41, 5.74) is 0. The number of carbonyl (C=O) groups excluding carboxylic acids is 1. The van der Waals surface area contributed by atoms with Gasteiger partial charge in [-0.05, 0) is 25.9 Å². The summed E-state index contributed by atoms with van der Waals surface area (Å²) >= 11 is 0. The quantitative estimate of drug-likeness (QED) is 0.666. The molecule has 0 bridgehead atoms. The zero-order valence-corrected chi connectivity index (χ0v) is 11.6. The number of hydrogen-bond donors (Lipinski definition) is 2. The van der Waals surface area contributed by atoms with Crippen LogP contribution in [0.5, 0.6) is 0 Å². The largest absolute Gasteiger partial charge is 0.320 e. The first-order chi connectivity index (χ1) is 7.40. The molecule has 0 aliphatic heterocycles. The number of Topliss-reactive ketones (excluding diaryl/α,β-unsaturated/α-hetero) is 1. The van der Waals surface area contributed by atoms with Gasteiger partial charge in [0.15, 0.2) is 5.78 Å². The van der Waals surface area contributed by atoms with Gasteiger partial charge in [-0.3, -0.25) is 4.79 Å². The lowest BCUT2D eigenvalue weighted by atomic mass is 9.89. The summed E-state index contributed by atoms with van der Waals surface area (Å²) in [6.07, 6.45) is 1.03. The van der Waals surface area contributed by atoms with Crippen molar-refractivity contribution in [3.63, 3.8) is 0 Å². The molecule has 0 aliphatic carbocycles. The summed E-state index contributed by atoms with van der Waals surface area (Å²) in [7, 11) is 1.95. The Morgan fingerprint density at radius 1 is 1.12 bits per heavy atom. The maximum atomic E-state index is 12.1. The maximum absolute atomic E-state index is 12.1. The van der Waals surface area contributed by atoms with Crippen molar-refractivity contribution in [1.29, 1.82) is 0 Å². The Morgan fingerprint density at radius 3 is 2.06 bits per heavy atom. The Hall–Kier alpha value is -0.410. The molecule has 96 valence electrons. The number of nitrogens with one attached hydrogen (secondary N) is 2. The van der Waals surface area contributed by atoms with E-state index in [9.17, 15) is 4.79 Å². The van der Waals surface area contributed by atoms with Crippen molar-refractivity contribution in [3.8, 4) is 0 Å². The molecule has 0 heterocycles. The molecule has 0 aromatic carbocycles. The number of carbonyl (C=O) groups is 1. The second-order valence-corrected chi connectivity index (χ2v) is 5.23. The Morgan fingerprint density at radius 2 is 1.69 bits per heavy atom. The maximum Gasteiger partial charge on any atom is 0.152 e. The lowest BCUT2D eigenvalue weighted by Gasteiger charge is -2.27. The highest BCUT2D eigenvalue weighted by atomic mass is 16.1. The van der Waals surface area contributed by atoms with Crippen LogP contribution >= 0.6 is 0 Å². The zero-order chi connectivity index (χ0) is 12.7. The van der Waals surface area contributed by atoms with Gasteiger partial charge in [0.2, 0.25) is 0 Å². The summed E-state index contributed by atoms with van der Waals surface area (Å²) < 4.78 is 0. The highest BCUT2D eigenvalue weighted by molar-refractivity contribution is 5.86. The first kappa shape index (κ1) is 15.6. The second-order valence-electron chi connectivity index (χ2n) is 5.23. The van der Waals surface area contributed by atoms with Crippen LogP contribution in [0, 0.1) is 11.8 Å². The minimum Gasteiger partial charge on any atom is -0.320 e. The lowest BCUT2D eigenvalue weighted by Crippen LogP contribution is -2.47. The Balaban J connectivity index is 4.46. The van der Waals surface area contributed by atoms with E-state index in [-0.39, 0.29) is 12.0 Å². The van der Waals surface area contributed by atoms with Gasteiger partial charge in [-0.2, -0.15) is 0 Å². The molecular weight excluding hydrogens is 200 g/mol. The highest BCUT2D eigenvalue weighted by Gasteiger charge is 2.26. The van der Waals surface area contributed by atoms with E-state index in [0.29, 0.717) is 17.7 Å². The number of rotatable bonds is 8. The lowest BCUT2D eigenvalue weighted by molar-refractivity contribution is -0.125. The fourth-order valence-corrected chi connectivity index (χ4v) is 1.78. The standard InChI is InChI=1S/C13H28N2O/c1-9(2)13(16)12(15-10(3)4)11(5)7-8-14-6/h9-12,14-15H,7-8H2,1-6H3/t11?,12-/m0/s1. The van der Waals surface area contributed by atoms with Crippen molar-refractivity contribution < 1.29 is 4.79 Å². The smallest absolute Gasteiger partial charge is 0.152 e. The molecule has 0 saturated carbocycles. The third kappa shape index (κ3) is 5.61. The molecule has 1 unspecified atom stereocenters. The van der Waals surface area contributed by atoms with Crippen molar-refractivity contribution >= 4 is 5.78 Å². The van der Waals surface area contributed by atoms with Gasteiger partial charge in [-0.25, -0.2) is 0 Å². The number of ketones is 1. The molecule has 3 heteroatoms. The van der Waals surface area contributed by atoms with E-state index in [0.717, 1.165) is 13.0 Å². The van der Waals surface area contributed by atoms with Crippen LogP contribution in [0.25, 0.3) is 0 Å². The van der Waals surface area contributed by atoms with Gasteiger partial charge in [0.25, 0.3) is 0 Å². The molecule has 16 heavy (non-hydrogen) atoms. The molecule has 0 saturated heterocycles. The third-order valence-electron chi connectivity index (χ3n) is 2.81. The average Bonchev–Trinajstić information content (AvgIpc) is 2.21. The van der Waals surface area contributed by atoms with E-state index in [2.05, 4.69) is 31.4 Å². The SMILES string of the molecule is CNCCC(C)[C@H](NC(C)C)C(=O)C(C)C. The fourth-order valence-electron chi connectivity index (χ4n) is 1.78. The molecule has 0 fully saturated rings. The normalized spacial score (nSPS) is 15.5. The van der Waals surface area contributed by atoms with Crippen LogP contribution in [0.2, 0.25) is 0 Å². The van der Waals surface area contributed by atoms with Crippen LogP contribution in [-0.2, 0) is 4.79 Å². The van der Waals surface area contributed by atoms with Gasteiger partial charge in [0, 0.05) is 12.0 Å². The summed E-state index contributed by atoms with van der Waals surface area (Å²) in [5, 5.41) is 6.53. The highest BCUT2D eigenvalue weighted by Crippen LogP contribution is 2.13. The van der Waals surface area contributed by atoms with Crippen molar-refractivity contribution in [3.05, 3.63) is 0 Å². The topological polar surface area (TPSA) is 41.1 Å². The minimum atomic E-state index is -0.00616. The van der Waals surface area contributed by atoms with E-state index >= 15 is 0 Å². The van der Waals surface area contributed by atoms with Crippen LogP contribution < -0.4 is 10.6 Å². The monoisotopic (exact) mass is 228 g/mol. The Kier molecular flexibility index (Phi) is 7.60. The van der Waals surface area contributed by atoms with Gasteiger partial charge in [-0.15, -0.1) is 0 Å². The van der Waals surface area contributed by atoms with Crippen molar-refractivity contribution in [2.75, 3.05) is 13.6 Å². The van der Waals surface area contributed by atoms with Gasteiger partial charge in [0.1, 0.15) is 0 Å².